The van der Waals surface area contributed by atoms with Crippen LogP contribution in [0.1, 0.15) is 46.0 Å². The molecule has 4 heteroatoms. The number of nitrogens with one attached hydrogen (secondary N) is 1. The van der Waals surface area contributed by atoms with Gasteiger partial charge < -0.3 is 14.8 Å². The maximum atomic E-state index is 6.00. The van der Waals surface area contributed by atoms with Gasteiger partial charge in [0.15, 0.2) is 0 Å². The van der Waals surface area contributed by atoms with E-state index in [9.17, 15) is 0 Å². The first-order valence-electron chi connectivity index (χ1n) is 8.35. The topological polar surface area (TPSA) is 33.7 Å². The SMILES string of the molecule is CNC(CCCC1CCCO1)C1CN(C(C)C)CCO1. The Morgan fingerprint density at radius 2 is 2.10 bits per heavy atom. The summed E-state index contributed by atoms with van der Waals surface area (Å²) in [6, 6.07) is 1.09. The average Bonchev–Trinajstić information content (AvgIpc) is 2.97. The zero-order chi connectivity index (χ0) is 14.4. The number of nitrogens with zero attached hydrogens (tertiary/aromatic N) is 1. The van der Waals surface area contributed by atoms with Gasteiger partial charge in [-0.25, -0.2) is 0 Å². The van der Waals surface area contributed by atoms with Crippen molar-refractivity contribution in [3.8, 4) is 0 Å². The lowest BCUT2D eigenvalue weighted by atomic mass is 10.00. The molecule has 0 bridgehead atoms. The molecule has 2 fully saturated rings. The highest BCUT2D eigenvalue weighted by Crippen LogP contribution is 2.20. The maximum Gasteiger partial charge on any atom is 0.0855 e. The Kier molecular flexibility index (Phi) is 6.75. The van der Waals surface area contributed by atoms with Gasteiger partial charge in [-0.3, -0.25) is 4.90 Å². The van der Waals surface area contributed by atoms with Crippen LogP contribution in [0.2, 0.25) is 0 Å². The van der Waals surface area contributed by atoms with Crippen molar-refractivity contribution >= 4 is 0 Å². The predicted octanol–water partition coefficient (Wildman–Crippen LogP) is 2.03. The maximum absolute atomic E-state index is 6.00. The molecule has 0 radical (unpaired) electrons. The molecule has 20 heavy (non-hydrogen) atoms. The summed E-state index contributed by atoms with van der Waals surface area (Å²) in [6.07, 6.45) is 6.98. The summed E-state index contributed by atoms with van der Waals surface area (Å²) < 4.78 is 11.7. The van der Waals surface area contributed by atoms with E-state index in [1.807, 2.05) is 0 Å². The first-order valence-corrected chi connectivity index (χ1v) is 8.35. The number of rotatable bonds is 7. The minimum absolute atomic E-state index is 0.334. The minimum atomic E-state index is 0.334. The molecule has 0 spiro atoms. The fraction of sp³-hybridized carbons (Fsp3) is 1.00. The van der Waals surface area contributed by atoms with Gasteiger partial charge in [-0.15, -0.1) is 0 Å². The van der Waals surface area contributed by atoms with Crippen molar-refractivity contribution in [2.45, 2.75) is 70.2 Å². The third-order valence-electron chi connectivity index (χ3n) is 4.74. The lowest BCUT2D eigenvalue weighted by Crippen LogP contribution is -2.53. The second kappa shape index (κ2) is 8.32. The van der Waals surface area contributed by atoms with Crippen molar-refractivity contribution in [2.75, 3.05) is 33.4 Å². The van der Waals surface area contributed by atoms with E-state index in [1.54, 1.807) is 0 Å². The van der Waals surface area contributed by atoms with Crippen LogP contribution in [-0.4, -0.2) is 62.5 Å². The van der Waals surface area contributed by atoms with E-state index in [0.29, 0.717) is 24.3 Å². The molecule has 0 saturated carbocycles. The molecule has 2 rings (SSSR count). The van der Waals surface area contributed by atoms with E-state index in [2.05, 4.69) is 31.1 Å². The van der Waals surface area contributed by atoms with Crippen molar-refractivity contribution < 1.29 is 9.47 Å². The molecule has 1 N–H and O–H groups in total. The summed E-state index contributed by atoms with van der Waals surface area (Å²) in [7, 11) is 2.06. The third kappa shape index (κ3) is 4.69. The van der Waals surface area contributed by atoms with Crippen molar-refractivity contribution in [3.63, 3.8) is 0 Å². The Morgan fingerprint density at radius 1 is 1.25 bits per heavy atom. The van der Waals surface area contributed by atoms with E-state index in [4.69, 9.17) is 9.47 Å². The van der Waals surface area contributed by atoms with Crippen LogP contribution in [0.3, 0.4) is 0 Å². The molecule has 3 unspecified atom stereocenters. The molecule has 2 aliphatic heterocycles. The van der Waals surface area contributed by atoms with E-state index in [-0.39, 0.29) is 0 Å². The van der Waals surface area contributed by atoms with E-state index < -0.39 is 0 Å². The Bertz CT molecular complexity index is 267. The molecule has 0 aromatic carbocycles. The monoisotopic (exact) mass is 284 g/mol. The second-order valence-electron chi connectivity index (χ2n) is 6.46. The van der Waals surface area contributed by atoms with Crippen LogP contribution in [0.4, 0.5) is 0 Å². The molecule has 118 valence electrons. The summed E-state index contributed by atoms with van der Waals surface area (Å²) in [5, 5.41) is 3.46. The smallest absolute Gasteiger partial charge is 0.0855 e. The zero-order valence-corrected chi connectivity index (χ0v) is 13.4. The first kappa shape index (κ1) is 16.2. The Labute approximate surface area is 124 Å². The fourth-order valence-electron chi connectivity index (χ4n) is 3.36. The number of morpholine rings is 1. The first-order chi connectivity index (χ1) is 9.70. The van der Waals surface area contributed by atoms with Gasteiger partial charge in [0.2, 0.25) is 0 Å². The normalized spacial score (nSPS) is 30.0. The molecule has 2 aliphatic rings. The highest BCUT2D eigenvalue weighted by Gasteiger charge is 2.28. The summed E-state index contributed by atoms with van der Waals surface area (Å²) in [6.45, 7) is 8.51. The molecule has 3 atom stereocenters. The summed E-state index contributed by atoms with van der Waals surface area (Å²) in [4.78, 5) is 2.53. The van der Waals surface area contributed by atoms with Crippen molar-refractivity contribution in [1.82, 2.24) is 10.2 Å². The zero-order valence-electron chi connectivity index (χ0n) is 13.4. The van der Waals surface area contributed by atoms with Crippen LogP contribution >= 0.6 is 0 Å². The molecular formula is C16H32N2O2. The van der Waals surface area contributed by atoms with Crippen molar-refractivity contribution in [1.29, 1.82) is 0 Å². The molecule has 0 aromatic rings. The van der Waals surface area contributed by atoms with Gasteiger partial charge >= 0.3 is 0 Å². The van der Waals surface area contributed by atoms with Crippen LogP contribution < -0.4 is 5.32 Å². The van der Waals surface area contributed by atoms with Gasteiger partial charge in [0, 0.05) is 31.8 Å². The number of hydrogen-bond acceptors (Lipinski definition) is 4. The molecule has 0 aliphatic carbocycles. The standard InChI is InChI=1S/C16H32N2O2/c1-13(2)18-9-11-20-16(12-18)15(17-3)8-4-6-14-7-5-10-19-14/h13-17H,4-12H2,1-3H3. The Hall–Kier alpha value is -0.160. The molecule has 0 aromatic heterocycles. The lowest BCUT2D eigenvalue weighted by Gasteiger charge is -2.39. The summed E-state index contributed by atoms with van der Waals surface area (Å²) >= 11 is 0. The fourth-order valence-corrected chi connectivity index (χ4v) is 3.36. The number of ether oxygens (including phenoxy) is 2. The highest BCUT2D eigenvalue weighted by atomic mass is 16.5. The molecule has 2 saturated heterocycles. The van der Waals surface area contributed by atoms with Gasteiger partial charge in [0.1, 0.15) is 0 Å². The molecular weight excluding hydrogens is 252 g/mol. The van der Waals surface area contributed by atoms with Crippen molar-refractivity contribution in [2.24, 2.45) is 0 Å². The Morgan fingerprint density at radius 3 is 2.75 bits per heavy atom. The van der Waals surface area contributed by atoms with Gasteiger partial charge in [-0.05, 0) is 53.0 Å². The van der Waals surface area contributed by atoms with Crippen LogP contribution in [0.5, 0.6) is 0 Å². The predicted molar refractivity (Wildman–Crippen MR) is 82.1 cm³/mol. The minimum Gasteiger partial charge on any atom is -0.378 e. The van der Waals surface area contributed by atoms with Gasteiger partial charge in [-0.2, -0.15) is 0 Å². The number of likely N-dealkylation sites (N-methyl/N-ethyl adjacent to an activating group) is 1. The molecule has 4 nitrogen and oxygen atoms in total. The van der Waals surface area contributed by atoms with Crippen LogP contribution in [0.15, 0.2) is 0 Å². The van der Waals surface area contributed by atoms with Gasteiger partial charge in [0.25, 0.3) is 0 Å². The summed E-state index contributed by atoms with van der Waals surface area (Å²) in [5.74, 6) is 0. The van der Waals surface area contributed by atoms with Crippen molar-refractivity contribution in [3.05, 3.63) is 0 Å². The average molecular weight is 284 g/mol. The molecule has 2 heterocycles. The van der Waals surface area contributed by atoms with E-state index in [1.165, 1.54) is 32.1 Å². The highest BCUT2D eigenvalue weighted by molar-refractivity contribution is 4.83. The second-order valence-corrected chi connectivity index (χ2v) is 6.46. The van der Waals surface area contributed by atoms with E-state index in [0.717, 1.165) is 26.3 Å². The van der Waals surface area contributed by atoms with Crippen LogP contribution in [-0.2, 0) is 9.47 Å². The van der Waals surface area contributed by atoms with E-state index >= 15 is 0 Å². The largest absolute Gasteiger partial charge is 0.378 e. The Balaban J connectivity index is 1.72. The third-order valence-corrected chi connectivity index (χ3v) is 4.74. The quantitative estimate of drug-likeness (QED) is 0.775. The number of hydrogen-bond donors (Lipinski definition) is 1. The lowest BCUT2D eigenvalue weighted by molar-refractivity contribution is -0.0560. The van der Waals surface area contributed by atoms with Crippen LogP contribution in [0, 0.1) is 0 Å². The van der Waals surface area contributed by atoms with Gasteiger partial charge in [0.05, 0.1) is 18.8 Å². The van der Waals surface area contributed by atoms with Gasteiger partial charge in [-0.1, -0.05) is 0 Å². The van der Waals surface area contributed by atoms with Crippen LogP contribution in [0.25, 0.3) is 0 Å². The summed E-state index contributed by atoms with van der Waals surface area (Å²) in [5.41, 5.74) is 0. The molecule has 0 amide bonds.